The van der Waals surface area contributed by atoms with Gasteiger partial charge in [-0.15, -0.1) is 13.2 Å². The molecule has 0 N–H and O–H groups in total. The van der Waals surface area contributed by atoms with E-state index in [0.29, 0.717) is 12.1 Å². The van der Waals surface area contributed by atoms with Crippen molar-refractivity contribution in [3.63, 3.8) is 0 Å². The number of carbonyl (C=O) groups is 1. The average Bonchev–Trinajstić information content (AvgIpc) is 2.25. The molecule has 0 fully saturated rings. The molecule has 0 spiro atoms. The lowest BCUT2D eigenvalue weighted by atomic mass is 10.0. The number of hydrogen-bond donors (Lipinski definition) is 0. The lowest BCUT2D eigenvalue weighted by Gasteiger charge is -2.13. The molecule has 0 saturated heterocycles. The smallest absolute Gasteiger partial charge is 0.406 e. The molecule has 0 atom stereocenters. The Labute approximate surface area is 117 Å². The molecule has 0 aliphatic carbocycles. The van der Waals surface area contributed by atoms with Gasteiger partial charge in [0.05, 0.1) is 5.56 Å². The first kappa shape index (κ1) is 16.8. The highest BCUT2D eigenvalue weighted by atomic mass is 79.9. The van der Waals surface area contributed by atoms with Gasteiger partial charge < -0.3 is 4.74 Å². The molecule has 112 valence electrons. The van der Waals surface area contributed by atoms with Crippen LogP contribution in [0.15, 0.2) is 18.2 Å². The summed E-state index contributed by atoms with van der Waals surface area (Å²) in [6.45, 7) is 0. The fraction of sp³-hybridized carbons (Fsp3) is 0.364. The number of ketones is 1. The molecule has 0 unspecified atom stereocenters. The van der Waals surface area contributed by atoms with E-state index in [4.69, 9.17) is 0 Å². The molecule has 1 aromatic rings. The Morgan fingerprint density at radius 1 is 1.10 bits per heavy atom. The third-order valence-electron chi connectivity index (χ3n) is 2.11. The van der Waals surface area contributed by atoms with Crippen LogP contribution in [0.5, 0.6) is 5.75 Å². The zero-order valence-corrected chi connectivity index (χ0v) is 11.2. The van der Waals surface area contributed by atoms with E-state index in [1.54, 1.807) is 0 Å². The van der Waals surface area contributed by atoms with Crippen LogP contribution in [0.1, 0.15) is 22.3 Å². The Bertz CT molecular complexity index is 495. The van der Waals surface area contributed by atoms with Gasteiger partial charge in [-0.25, -0.2) is 0 Å². The Kier molecular flexibility index (Phi) is 5.06. The Balaban J connectivity index is 3.25. The third kappa shape index (κ3) is 5.03. The molecule has 0 aliphatic rings. The predicted octanol–water partition coefficient (Wildman–Crippen LogP) is 4.57. The summed E-state index contributed by atoms with van der Waals surface area (Å²) in [4.78, 5) is 11.5. The van der Waals surface area contributed by atoms with Crippen LogP contribution in [-0.4, -0.2) is 17.5 Å². The summed E-state index contributed by atoms with van der Waals surface area (Å²) in [6.07, 6.45) is -10.2. The quantitative estimate of drug-likeness (QED) is 0.444. The number of carbonyl (C=O) groups excluding carboxylic acids is 1. The average molecular weight is 365 g/mol. The van der Waals surface area contributed by atoms with Crippen molar-refractivity contribution >= 4 is 21.7 Å². The van der Waals surface area contributed by atoms with Crippen LogP contribution in [-0.2, 0) is 6.18 Å². The first-order valence-electron chi connectivity index (χ1n) is 5.10. The van der Waals surface area contributed by atoms with Gasteiger partial charge in [-0.1, -0.05) is 15.9 Å². The van der Waals surface area contributed by atoms with E-state index < -0.39 is 35.2 Å². The molecule has 0 saturated carbocycles. The minimum absolute atomic E-state index is 0.146. The summed E-state index contributed by atoms with van der Waals surface area (Å²) in [5.74, 6) is -1.80. The van der Waals surface area contributed by atoms with Crippen LogP contribution in [0.25, 0.3) is 0 Å². The van der Waals surface area contributed by atoms with Crippen molar-refractivity contribution < 1.29 is 35.9 Å². The van der Waals surface area contributed by atoms with E-state index >= 15 is 0 Å². The molecule has 0 amide bonds. The zero-order chi connectivity index (χ0) is 15.6. The van der Waals surface area contributed by atoms with E-state index in [-0.39, 0.29) is 17.8 Å². The highest BCUT2D eigenvalue weighted by Crippen LogP contribution is 2.34. The summed E-state index contributed by atoms with van der Waals surface area (Å²) < 4.78 is 77.3. The molecule has 0 radical (unpaired) electrons. The van der Waals surface area contributed by atoms with Crippen LogP contribution in [0.3, 0.4) is 0 Å². The van der Waals surface area contributed by atoms with Gasteiger partial charge in [-0.05, 0) is 18.2 Å². The summed E-state index contributed by atoms with van der Waals surface area (Å²) in [5, 5.41) is 0.178. The minimum atomic E-state index is -5.14. The Morgan fingerprint density at radius 2 is 1.70 bits per heavy atom. The summed E-state index contributed by atoms with van der Waals surface area (Å²) in [6, 6.07) is 1.32. The number of Topliss-reactive ketones (excluding diaryl/α,β-unsaturated/α-hetero) is 1. The number of halogens is 7. The maximum Gasteiger partial charge on any atom is 0.573 e. The van der Waals surface area contributed by atoms with Crippen molar-refractivity contribution in [2.24, 2.45) is 0 Å². The SMILES string of the molecule is O=C(CCBr)c1cc(OC(F)(F)F)cc(C(F)(F)F)c1. The standard InChI is InChI=1S/C11H7BrF6O2/c12-2-1-9(19)6-3-7(10(13,14)15)5-8(4-6)20-11(16,17)18/h3-5H,1-2H2. The number of rotatable bonds is 4. The molecule has 0 aliphatic heterocycles. The van der Waals surface area contributed by atoms with Crippen LogP contribution < -0.4 is 4.74 Å². The molecule has 1 rings (SSSR count). The van der Waals surface area contributed by atoms with Gasteiger partial charge in [-0.2, -0.15) is 13.2 Å². The van der Waals surface area contributed by atoms with E-state index in [0.717, 1.165) is 0 Å². The van der Waals surface area contributed by atoms with Crippen molar-refractivity contribution in [2.45, 2.75) is 19.0 Å². The second-order valence-electron chi connectivity index (χ2n) is 3.65. The van der Waals surface area contributed by atoms with Crippen LogP contribution in [0.4, 0.5) is 26.3 Å². The Hall–Kier alpha value is -1.25. The first-order valence-corrected chi connectivity index (χ1v) is 6.22. The summed E-state index contributed by atoms with van der Waals surface area (Å²) in [5.41, 5.74) is -1.87. The van der Waals surface area contributed by atoms with E-state index in [1.807, 2.05) is 0 Å². The van der Waals surface area contributed by atoms with Crippen molar-refractivity contribution in [1.82, 2.24) is 0 Å². The van der Waals surface area contributed by atoms with Crippen molar-refractivity contribution in [3.8, 4) is 5.75 Å². The second-order valence-corrected chi connectivity index (χ2v) is 4.45. The van der Waals surface area contributed by atoms with Gasteiger partial charge in [0.1, 0.15) is 5.75 Å². The maximum absolute atomic E-state index is 12.6. The molecular formula is C11H7BrF6O2. The molecule has 2 nitrogen and oxygen atoms in total. The van der Waals surface area contributed by atoms with E-state index in [2.05, 4.69) is 20.7 Å². The molecular weight excluding hydrogens is 358 g/mol. The van der Waals surface area contributed by atoms with E-state index in [9.17, 15) is 31.1 Å². The van der Waals surface area contributed by atoms with Gasteiger partial charge in [0.15, 0.2) is 5.78 Å². The lowest BCUT2D eigenvalue weighted by molar-refractivity contribution is -0.274. The van der Waals surface area contributed by atoms with Gasteiger partial charge in [-0.3, -0.25) is 4.79 Å². The molecule has 9 heteroatoms. The molecule has 0 heterocycles. The van der Waals surface area contributed by atoms with Gasteiger partial charge >= 0.3 is 12.5 Å². The molecule has 0 aromatic heterocycles. The van der Waals surface area contributed by atoms with Crippen molar-refractivity contribution in [2.75, 3.05) is 5.33 Å². The fourth-order valence-corrected chi connectivity index (χ4v) is 1.71. The van der Waals surface area contributed by atoms with Crippen molar-refractivity contribution in [1.29, 1.82) is 0 Å². The highest BCUT2D eigenvalue weighted by Gasteiger charge is 2.35. The fourth-order valence-electron chi connectivity index (χ4n) is 1.35. The van der Waals surface area contributed by atoms with Crippen LogP contribution in [0, 0.1) is 0 Å². The summed E-state index contributed by atoms with van der Waals surface area (Å²) >= 11 is 2.92. The van der Waals surface area contributed by atoms with Gasteiger partial charge in [0, 0.05) is 17.3 Å². The number of benzene rings is 1. The first-order chi connectivity index (χ1) is 9.03. The number of hydrogen-bond acceptors (Lipinski definition) is 2. The molecule has 0 bridgehead atoms. The topological polar surface area (TPSA) is 26.3 Å². The summed E-state index contributed by atoms with van der Waals surface area (Å²) in [7, 11) is 0. The normalized spacial score (nSPS) is 12.3. The predicted molar refractivity (Wildman–Crippen MR) is 60.9 cm³/mol. The van der Waals surface area contributed by atoms with Crippen LogP contribution >= 0.6 is 15.9 Å². The zero-order valence-electron chi connectivity index (χ0n) is 9.61. The monoisotopic (exact) mass is 364 g/mol. The lowest BCUT2D eigenvalue weighted by Crippen LogP contribution is -2.18. The second kappa shape index (κ2) is 6.02. The van der Waals surface area contributed by atoms with Crippen molar-refractivity contribution in [3.05, 3.63) is 29.3 Å². The van der Waals surface area contributed by atoms with E-state index in [1.165, 1.54) is 0 Å². The highest BCUT2D eigenvalue weighted by molar-refractivity contribution is 9.09. The van der Waals surface area contributed by atoms with Crippen LogP contribution in [0.2, 0.25) is 0 Å². The molecule has 1 aromatic carbocycles. The number of alkyl halides is 7. The number of ether oxygens (including phenoxy) is 1. The Morgan fingerprint density at radius 3 is 2.15 bits per heavy atom. The largest absolute Gasteiger partial charge is 0.573 e. The van der Waals surface area contributed by atoms with Gasteiger partial charge in [0.25, 0.3) is 0 Å². The third-order valence-corrected chi connectivity index (χ3v) is 2.51. The maximum atomic E-state index is 12.6. The molecule has 20 heavy (non-hydrogen) atoms. The van der Waals surface area contributed by atoms with Gasteiger partial charge in [0.2, 0.25) is 0 Å². The minimum Gasteiger partial charge on any atom is -0.406 e.